The molecule has 0 spiro atoms. The van der Waals surface area contributed by atoms with E-state index in [0.29, 0.717) is 17.0 Å². The quantitative estimate of drug-likeness (QED) is 0.148. The monoisotopic (exact) mass is 545 g/mol. The summed E-state index contributed by atoms with van der Waals surface area (Å²) >= 11 is 0. The zero-order valence-electron chi connectivity index (χ0n) is 19.6. The average Bonchev–Trinajstić information content (AvgIpc) is 2.87. The first-order valence-corrected chi connectivity index (χ1v) is 10.8. The van der Waals surface area contributed by atoms with Gasteiger partial charge in [-0.2, -0.15) is 13.2 Å². The van der Waals surface area contributed by atoms with Gasteiger partial charge in [-0.1, -0.05) is 6.07 Å². The van der Waals surface area contributed by atoms with E-state index in [0.717, 1.165) is 24.3 Å². The lowest BCUT2D eigenvalue weighted by molar-refractivity contribution is -0.385. The van der Waals surface area contributed by atoms with Crippen molar-refractivity contribution in [3.63, 3.8) is 0 Å². The van der Waals surface area contributed by atoms with Crippen molar-refractivity contribution in [3.8, 4) is 17.2 Å². The molecule has 14 heteroatoms. The second-order valence-electron chi connectivity index (χ2n) is 7.88. The van der Waals surface area contributed by atoms with Crippen LogP contribution in [-0.4, -0.2) is 29.9 Å². The number of alkyl halides is 3. The first-order chi connectivity index (χ1) is 18.4. The molecule has 0 aliphatic carbocycles. The van der Waals surface area contributed by atoms with E-state index in [1.807, 2.05) is 5.32 Å². The van der Waals surface area contributed by atoms with E-state index in [9.17, 15) is 42.1 Å². The van der Waals surface area contributed by atoms with Crippen molar-refractivity contribution in [2.24, 2.45) is 0 Å². The molecule has 1 aliphatic rings. The molecule has 39 heavy (non-hydrogen) atoms. The van der Waals surface area contributed by atoms with Gasteiger partial charge in [0.05, 0.1) is 23.3 Å². The van der Waals surface area contributed by atoms with Crippen LogP contribution in [0.5, 0.6) is 17.2 Å². The van der Waals surface area contributed by atoms with E-state index in [1.54, 1.807) is 0 Å². The number of urea groups is 1. The molecular weight excluding hydrogens is 530 g/mol. The maximum absolute atomic E-state index is 13.3. The second kappa shape index (κ2) is 10.2. The number of nitro groups is 1. The Hall–Kier alpha value is -5.27. The second-order valence-corrected chi connectivity index (χ2v) is 7.88. The first-order valence-electron chi connectivity index (χ1n) is 10.8. The Kier molecular flexibility index (Phi) is 7.03. The summed E-state index contributed by atoms with van der Waals surface area (Å²) in [7, 11) is 1.22. The van der Waals surface area contributed by atoms with Crippen molar-refractivity contribution < 1.29 is 46.3 Å². The number of methoxy groups -OCH3 is 1. The van der Waals surface area contributed by atoms with Crippen LogP contribution in [0.15, 0.2) is 66.2 Å². The number of nitrogens with one attached hydrogen (secondary N) is 1. The molecule has 4 amide bonds. The van der Waals surface area contributed by atoms with Crippen LogP contribution in [0.2, 0.25) is 0 Å². The number of nitro benzene ring substituents is 1. The number of hydrogen-bond donors (Lipinski definition) is 1. The van der Waals surface area contributed by atoms with Crippen molar-refractivity contribution >= 4 is 35.3 Å². The lowest BCUT2D eigenvalue weighted by atomic mass is 10.1. The van der Waals surface area contributed by atoms with Crippen LogP contribution in [0.25, 0.3) is 6.08 Å². The largest absolute Gasteiger partial charge is 0.493 e. The number of benzene rings is 3. The number of nitrogens with zero attached hydrogens (tertiary/aromatic N) is 2. The predicted octanol–water partition coefficient (Wildman–Crippen LogP) is 5.22. The average molecular weight is 545 g/mol. The first kappa shape index (κ1) is 26.8. The molecule has 0 aromatic heterocycles. The van der Waals surface area contributed by atoms with Gasteiger partial charge in [0.2, 0.25) is 5.75 Å². The van der Waals surface area contributed by atoms with Crippen LogP contribution >= 0.6 is 0 Å². The number of carbonyl (C=O) groups is 3. The van der Waals surface area contributed by atoms with Gasteiger partial charge in [-0.3, -0.25) is 25.0 Å². The van der Waals surface area contributed by atoms with Crippen molar-refractivity contribution in [2.75, 3.05) is 12.0 Å². The van der Waals surface area contributed by atoms with Gasteiger partial charge in [0, 0.05) is 6.07 Å². The number of barbiturate groups is 1. The predicted molar refractivity (Wildman–Crippen MR) is 127 cm³/mol. The fourth-order valence-corrected chi connectivity index (χ4v) is 3.55. The summed E-state index contributed by atoms with van der Waals surface area (Å²) < 4.78 is 62.9. The van der Waals surface area contributed by atoms with Crippen molar-refractivity contribution in [1.29, 1.82) is 0 Å². The zero-order chi connectivity index (χ0) is 28.5. The molecule has 0 bridgehead atoms. The molecule has 0 unspecified atom stereocenters. The third-order valence-corrected chi connectivity index (χ3v) is 5.39. The van der Waals surface area contributed by atoms with Crippen LogP contribution < -0.4 is 19.7 Å². The topological polar surface area (TPSA) is 128 Å². The smallest absolute Gasteiger partial charge is 0.416 e. The number of halogens is 4. The maximum atomic E-state index is 13.3. The maximum Gasteiger partial charge on any atom is 0.416 e. The van der Waals surface area contributed by atoms with Gasteiger partial charge in [0.1, 0.15) is 11.4 Å². The van der Waals surface area contributed by atoms with Crippen LogP contribution in [0, 0.1) is 15.9 Å². The zero-order valence-corrected chi connectivity index (χ0v) is 19.6. The number of hydrogen-bond acceptors (Lipinski definition) is 7. The fourth-order valence-electron chi connectivity index (χ4n) is 3.55. The van der Waals surface area contributed by atoms with E-state index in [1.165, 1.54) is 37.4 Å². The number of rotatable bonds is 6. The Morgan fingerprint density at radius 3 is 2.23 bits per heavy atom. The minimum atomic E-state index is -4.81. The van der Waals surface area contributed by atoms with Gasteiger partial charge < -0.3 is 9.47 Å². The molecule has 1 aliphatic heterocycles. The highest BCUT2D eigenvalue weighted by Crippen LogP contribution is 2.40. The third kappa shape index (κ3) is 5.53. The van der Waals surface area contributed by atoms with Crippen molar-refractivity contribution in [2.45, 2.75) is 6.18 Å². The van der Waals surface area contributed by atoms with E-state index >= 15 is 0 Å². The van der Waals surface area contributed by atoms with Gasteiger partial charge in [0.25, 0.3) is 11.8 Å². The molecule has 3 aromatic carbocycles. The Morgan fingerprint density at radius 2 is 1.62 bits per heavy atom. The molecular formula is C25H15F4N3O7. The van der Waals surface area contributed by atoms with Gasteiger partial charge in [-0.05, 0) is 60.2 Å². The summed E-state index contributed by atoms with van der Waals surface area (Å²) in [4.78, 5) is 48.6. The molecule has 1 N–H and O–H groups in total. The standard InChI is InChI=1S/C25H15F4N3O7/c1-38-21-11-13(2-8-20(21)39-19-9-3-14(25(27,28)29)12-18(19)32(36)37)10-17-22(33)30-24(35)31(23(17)34)16-6-4-15(26)5-7-16/h2-12H,1H3,(H,30,33,35)/b17-10+. The van der Waals surface area contributed by atoms with E-state index < -0.39 is 57.3 Å². The molecule has 1 fully saturated rings. The van der Waals surface area contributed by atoms with Crippen LogP contribution in [0.4, 0.5) is 33.7 Å². The van der Waals surface area contributed by atoms with Crippen LogP contribution in [0.3, 0.4) is 0 Å². The summed E-state index contributed by atoms with van der Waals surface area (Å²) in [6.45, 7) is 0. The van der Waals surface area contributed by atoms with Crippen LogP contribution in [0.1, 0.15) is 11.1 Å². The Bertz CT molecular complexity index is 1540. The molecule has 0 saturated carbocycles. The molecule has 1 saturated heterocycles. The summed E-state index contributed by atoms with van der Waals surface area (Å²) in [5.74, 6) is -3.25. The van der Waals surface area contributed by atoms with Gasteiger partial charge in [-0.15, -0.1) is 0 Å². The van der Waals surface area contributed by atoms with Crippen molar-refractivity contribution in [1.82, 2.24) is 5.32 Å². The molecule has 10 nitrogen and oxygen atoms in total. The highest BCUT2D eigenvalue weighted by atomic mass is 19.4. The number of amides is 4. The lowest BCUT2D eigenvalue weighted by Crippen LogP contribution is -2.54. The summed E-state index contributed by atoms with van der Waals surface area (Å²) in [5, 5.41) is 13.4. The molecule has 0 atom stereocenters. The highest BCUT2D eigenvalue weighted by Gasteiger charge is 2.37. The summed E-state index contributed by atoms with van der Waals surface area (Å²) in [6.07, 6.45) is -3.68. The minimum absolute atomic E-state index is 0.0109. The normalized spacial score (nSPS) is 14.8. The van der Waals surface area contributed by atoms with Crippen molar-refractivity contribution in [3.05, 3.63) is 93.3 Å². The molecule has 200 valence electrons. The Morgan fingerprint density at radius 1 is 0.949 bits per heavy atom. The van der Waals surface area contributed by atoms with Gasteiger partial charge >= 0.3 is 17.9 Å². The number of carbonyl (C=O) groups excluding carboxylic acids is 3. The number of anilines is 1. The molecule has 0 radical (unpaired) electrons. The Labute approximate surface area is 216 Å². The van der Waals surface area contributed by atoms with Crippen LogP contribution in [-0.2, 0) is 15.8 Å². The van der Waals surface area contributed by atoms with E-state index in [2.05, 4.69) is 0 Å². The number of ether oxygens (including phenoxy) is 2. The molecule has 1 heterocycles. The minimum Gasteiger partial charge on any atom is -0.493 e. The van der Waals surface area contributed by atoms with E-state index in [4.69, 9.17) is 9.47 Å². The SMILES string of the molecule is COc1cc(/C=C2\C(=O)NC(=O)N(c3ccc(F)cc3)C2=O)ccc1Oc1ccc(C(F)(F)F)cc1[N+](=O)[O-]. The fraction of sp³-hybridized carbons (Fsp3) is 0.0800. The summed E-state index contributed by atoms with van der Waals surface area (Å²) in [6, 6.07) is 9.00. The Balaban J connectivity index is 1.66. The molecule has 4 rings (SSSR count). The highest BCUT2D eigenvalue weighted by molar-refractivity contribution is 6.39. The van der Waals surface area contributed by atoms with Gasteiger partial charge in [0.15, 0.2) is 11.5 Å². The molecule has 3 aromatic rings. The summed E-state index contributed by atoms with van der Waals surface area (Å²) in [5.41, 5.74) is -2.41. The number of imide groups is 2. The third-order valence-electron chi connectivity index (χ3n) is 5.39. The lowest BCUT2D eigenvalue weighted by Gasteiger charge is -2.26. The van der Waals surface area contributed by atoms with E-state index in [-0.39, 0.29) is 22.7 Å². The van der Waals surface area contributed by atoms with Gasteiger partial charge in [-0.25, -0.2) is 14.1 Å².